The van der Waals surface area contributed by atoms with E-state index in [0.717, 1.165) is 51.1 Å². The molecule has 0 aliphatic carbocycles. The number of benzene rings is 1. The van der Waals surface area contributed by atoms with Gasteiger partial charge in [0.1, 0.15) is 6.04 Å². The molecule has 2 aliphatic rings. The van der Waals surface area contributed by atoms with Crippen molar-refractivity contribution in [3.8, 4) is 0 Å². The molecule has 2 atom stereocenters. The normalized spacial score (nSPS) is 23.3. The Balaban J connectivity index is 1.86. The quantitative estimate of drug-likeness (QED) is 0.908. The van der Waals surface area contributed by atoms with Crippen molar-refractivity contribution in [2.24, 2.45) is 0 Å². The topological polar surface area (TPSA) is 38.8 Å². The van der Waals surface area contributed by atoms with Crippen LogP contribution in [-0.2, 0) is 4.79 Å². The molecule has 1 N–H and O–H groups in total. The number of rotatable bonds is 4. The third-order valence-electron chi connectivity index (χ3n) is 5.39. The fourth-order valence-corrected chi connectivity index (χ4v) is 3.95. The average molecular weight is 345 g/mol. The Kier molecular flexibility index (Phi) is 5.97. The van der Waals surface area contributed by atoms with Gasteiger partial charge in [-0.3, -0.25) is 9.69 Å². The third kappa shape index (κ3) is 4.33. The zero-order valence-corrected chi connectivity index (χ0v) is 15.9. The van der Waals surface area contributed by atoms with Gasteiger partial charge in [0.2, 0.25) is 5.91 Å². The van der Waals surface area contributed by atoms with Crippen LogP contribution < -0.4 is 10.2 Å². The lowest BCUT2D eigenvalue weighted by molar-refractivity contribution is -0.138. The predicted octanol–water partition coefficient (Wildman–Crippen LogP) is 2.10. The molecule has 2 fully saturated rings. The van der Waals surface area contributed by atoms with E-state index in [0.29, 0.717) is 6.04 Å². The van der Waals surface area contributed by atoms with Crippen LogP contribution in [0.15, 0.2) is 24.3 Å². The first-order chi connectivity index (χ1) is 12.1. The zero-order valence-electron chi connectivity index (χ0n) is 15.9. The van der Waals surface area contributed by atoms with Crippen LogP contribution in [0, 0.1) is 0 Å². The number of anilines is 1. The molecule has 0 spiro atoms. The molecule has 0 radical (unpaired) electrons. The summed E-state index contributed by atoms with van der Waals surface area (Å²) in [6, 6.07) is 8.78. The van der Waals surface area contributed by atoms with Crippen LogP contribution in [0.4, 0.5) is 5.69 Å². The molecule has 2 heterocycles. The first kappa shape index (κ1) is 18.2. The van der Waals surface area contributed by atoms with Crippen molar-refractivity contribution < 1.29 is 4.79 Å². The van der Waals surface area contributed by atoms with Gasteiger partial charge in [0.25, 0.3) is 0 Å². The molecular weight excluding hydrogens is 312 g/mol. The molecule has 5 nitrogen and oxygen atoms in total. The molecule has 25 heavy (non-hydrogen) atoms. The summed E-state index contributed by atoms with van der Waals surface area (Å²) in [5, 5.41) is 3.49. The van der Waals surface area contributed by atoms with Gasteiger partial charge in [0, 0.05) is 58.5 Å². The van der Waals surface area contributed by atoms with Crippen molar-refractivity contribution >= 4 is 11.6 Å². The van der Waals surface area contributed by atoms with E-state index in [4.69, 9.17) is 0 Å². The van der Waals surface area contributed by atoms with Crippen molar-refractivity contribution in [1.29, 1.82) is 0 Å². The minimum Gasteiger partial charge on any atom is -0.378 e. The smallest absolute Gasteiger partial charge is 0.244 e. The maximum Gasteiger partial charge on any atom is 0.244 e. The third-order valence-corrected chi connectivity index (χ3v) is 5.39. The molecule has 2 unspecified atom stereocenters. The Morgan fingerprint density at radius 1 is 1.12 bits per heavy atom. The summed E-state index contributed by atoms with van der Waals surface area (Å²) in [4.78, 5) is 19.9. The highest BCUT2D eigenvalue weighted by Crippen LogP contribution is 2.27. The summed E-state index contributed by atoms with van der Waals surface area (Å²) >= 11 is 0. The van der Waals surface area contributed by atoms with Gasteiger partial charge < -0.3 is 15.1 Å². The predicted molar refractivity (Wildman–Crippen MR) is 103 cm³/mol. The van der Waals surface area contributed by atoms with Gasteiger partial charge in [-0.15, -0.1) is 0 Å². The van der Waals surface area contributed by atoms with E-state index in [1.165, 1.54) is 12.1 Å². The van der Waals surface area contributed by atoms with E-state index in [2.05, 4.69) is 51.2 Å². The van der Waals surface area contributed by atoms with E-state index in [1.54, 1.807) is 0 Å². The molecule has 3 rings (SSSR count). The van der Waals surface area contributed by atoms with Gasteiger partial charge in [0.15, 0.2) is 0 Å². The van der Waals surface area contributed by atoms with Gasteiger partial charge in [-0.1, -0.05) is 12.1 Å². The molecule has 1 aromatic carbocycles. The Morgan fingerprint density at radius 2 is 1.80 bits per heavy atom. The summed E-state index contributed by atoms with van der Waals surface area (Å²) in [6.45, 7) is 6.80. The summed E-state index contributed by atoms with van der Waals surface area (Å²) in [6.07, 6.45) is 3.52. The first-order valence-electron chi connectivity index (χ1n) is 9.60. The lowest BCUT2D eigenvalue weighted by Gasteiger charge is -2.40. The minimum atomic E-state index is -0.154. The number of carbonyl (C=O) groups excluding carboxylic acids is 1. The van der Waals surface area contributed by atoms with Gasteiger partial charge >= 0.3 is 0 Å². The Morgan fingerprint density at radius 3 is 2.40 bits per heavy atom. The van der Waals surface area contributed by atoms with Crippen LogP contribution in [0.25, 0.3) is 0 Å². The summed E-state index contributed by atoms with van der Waals surface area (Å²) in [5.74, 6) is 0.284. The van der Waals surface area contributed by atoms with Crippen molar-refractivity contribution in [3.05, 3.63) is 29.8 Å². The molecule has 0 bridgehead atoms. The number of hydrogen-bond acceptors (Lipinski definition) is 4. The molecular formula is C20H32N4O. The molecule has 138 valence electrons. The number of piperazine rings is 1. The second-order valence-electron chi connectivity index (χ2n) is 7.62. The van der Waals surface area contributed by atoms with E-state index >= 15 is 0 Å². The minimum absolute atomic E-state index is 0.154. The Bertz CT molecular complexity index is 566. The number of likely N-dealkylation sites (tertiary alicyclic amines) is 1. The summed E-state index contributed by atoms with van der Waals surface area (Å²) < 4.78 is 0. The zero-order chi connectivity index (χ0) is 17.8. The number of nitrogens with zero attached hydrogens (tertiary/aromatic N) is 3. The van der Waals surface area contributed by atoms with Crippen LogP contribution >= 0.6 is 0 Å². The van der Waals surface area contributed by atoms with E-state index in [-0.39, 0.29) is 11.9 Å². The summed E-state index contributed by atoms with van der Waals surface area (Å²) in [5.41, 5.74) is 2.29. The second kappa shape index (κ2) is 8.19. The monoisotopic (exact) mass is 344 g/mol. The number of nitrogens with one attached hydrogen (secondary N) is 1. The highest BCUT2D eigenvalue weighted by atomic mass is 16.2. The van der Waals surface area contributed by atoms with Crippen LogP contribution in [0.5, 0.6) is 0 Å². The molecule has 0 saturated carbocycles. The Hall–Kier alpha value is -1.59. The standard InChI is InChI=1S/C20H32N4O/c1-16-15-24(14-11-21-16)19(20(25)23-12-5-4-6-13-23)17-7-9-18(10-8-17)22(2)3/h7-10,16,19,21H,4-6,11-15H2,1-3H3. The van der Waals surface area contributed by atoms with E-state index < -0.39 is 0 Å². The SMILES string of the molecule is CC1CN(C(C(=O)N2CCCCC2)c2ccc(N(C)C)cc2)CCN1. The maximum absolute atomic E-state index is 13.4. The van der Waals surface area contributed by atoms with Gasteiger partial charge in [0.05, 0.1) is 0 Å². The van der Waals surface area contributed by atoms with Crippen LogP contribution in [0.1, 0.15) is 37.8 Å². The van der Waals surface area contributed by atoms with Gasteiger partial charge in [-0.2, -0.15) is 0 Å². The van der Waals surface area contributed by atoms with Crippen LogP contribution in [-0.4, -0.2) is 68.6 Å². The number of piperidine rings is 1. The maximum atomic E-state index is 13.4. The van der Waals surface area contributed by atoms with Crippen LogP contribution in [0.2, 0.25) is 0 Å². The van der Waals surface area contributed by atoms with Crippen molar-refractivity contribution in [2.75, 3.05) is 51.7 Å². The molecule has 1 aromatic rings. The van der Waals surface area contributed by atoms with E-state index in [1.807, 2.05) is 14.1 Å². The fourth-order valence-electron chi connectivity index (χ4n) is 3.95. The van der Waals surface area contributed by atoms with Gasteiger partial charge in [-0.05, 0) is 43.9 Å². The highest BCUT2D eigenvalue weighted by Gasteiger charge is 2.33. The molecule has 1 amide bonds. The highest BCUT2D eigenvalue weighted by molar-refractivity contribution is 5.83. The average Bonchev–Trinajstić information content (AvgIpc) is 2.63. The Labute approximate surface area is 152 Å². The molecule has 2 saturated heterocycles. The lowest BCUT2D eigenvalue weighted by atomic mass is 10.00. The second-order valence-corrected chi connectivity index (χ2v) is 7.62. The largest absolute Gasteiger partial charge is 0.378 e. The van der Waals surface area contributed by atoms with Crippen molar-refractivity contribution in [1.82, 2.24) is 15.1 Å². The molecule has 5 heteroatoms. The number of hydrogen-bond donors (Lipinski definition) is 1. The lowest BCUT2D eigenvalue weighted by Crippen LogP contribution is -2.54. The van der Waals surface area contributed by atoms with Crippen molar-refractivity contribution in [3.63, 3.8) is 0 Å². The molecule has 2 aliphatic heterocycles. The van der Waals surface area contributed by atoms with Crippen molar-refractivity contribution in [2.45, 2.75) is 38.3 Å². The number of carbonyl (C=O) groups is 1. The molecule has 0 aromatic heterocycles. The van der Waals surface area contributed by atoms with Crippen LogP contribution in [0.3, 0.4) is 0 Å². The fraction of sp³-hybridized carbons (Fsp3) is 0.650. The van der Waals surface area contributed by atoms with Gasteiger partial charge in [-0.25, -0.2) is 0 Å². The van der Waals surface area contributed by atoms with E-state index in [9.17, 15) is 4.79 Å². The summed E-state index contributed by atoms with van der Waals surface area (Å²) in [7, 11) is 4.09. The number of amides is 1. The first-order valence-corrected chi connectivity index (χ1v) is 9.60.